The third-order valence-electron chi connectivity index (χ3n) is 3.73. The molecular weight excluding hydrogens is 206 g/mol. The first kappa shape index (κ1) is 12.6. The molecule has 1 fully saturated rings. The number of rotatable bonds is 6. The van der Waals surface area contributed by atoms with Crippen molar-refractivity contribution in [2.24, 2.45) is 0 Å². The SMILES string of the molecule is c1ccc(CCCCCN2CCCCC2)cc1. The summed E-state index contributed by atoms with van der Waals surface area (Å²) in [6.07, 6.45) is 9.65. The van der Waals surface area contributed by atoms with Gasteiger partial charge in [-0.3, -0.25) is 0 Å². The monoisotopic (exact) mass is 231 g/mol. The lowest BCUT2D eigenvalue weighted by atomic mass is 10.1. The zero-order valence-electron chi connectivity index (χ0n) is 10.9. The fourth-order valence-corrected chi connectivity index (χ4v) is 2.67. The molecule has 0 spiro atoms. The van der Waals surface area contributed by atoms with E-state index >= 15 is 0 Å². The maximum Gasteiger partial charge on any atom is -0.00187 e. The average molecular weight is 231 g/mol. The molecule has 1 aromatic rings. The molecule has 1 saturated heterocycles. The minimum atomic E-state index is 1.25. The Bertz CT molecular complexity index is 288. The number of piperidine rings is 1. The van der Waals surface area contributed by atoms with Crippen LogP contribution in [0.4, 0.5) is 0 Å². The van der Waals surface area contributed by atoms with E-state index in [9.17, 15) is 0 Å². The van der Waals surface area contributed by atoms with Crippen LogP contribution < -0.4 is 0 Å². The van der Waals surface area contributed by atoms with Crippen LogP contribution in [0.1, 0.15) is 44.1 Å². The van der Waals surface area contributed by atoms with Gasteiger partial charge in [0.25, 0.3) is 0 Å². The van der Waals surface area contributed by atoms with Crippen LogP contribution in [0, 0.1) is 0 Å². The van der Waals surface area contributed by atoms with Crippen molar-refractivity contribution in [3.63, 3.8) is 0 Å². The van der Waals surface area contributed by atoms with Crippen LogP contribution >= 0.6 is 0 Å². The summed E-state index contributed by atoms with van der Waals surface area (Å²) in [5.41, 5.74) is 1.49. The van der Waals surface area contributed by atoms with Crippen molar-refractivity contribution in [2.75, 3.05) is 19.6 Å². The molecule has 94 valence electrons. The molecule has 0 amide bonds. The van der Waals surface area contributed by atoms with E-state index in [0.29, 0.717) is 0 Å². The number of aryl methyl sites for hydroxylation is 1. The van der Waals surface area contributed by atoms with E-state index in [4.69, 9.17) is 0 Å². The van der Waals surface area contributed by atoms with Crippen LogP contribution in [0.15, 0.2) is 30.3 Å². The molecule has 0 saturated carbocycles. The number of likely N-dealkylation sites (tertiary alicyclic amines) is 1. The summed E-state index contributed by atoms with van der Waals surface area (Å²) in [5, 5.41) is 0. The van der Waals surface area contributed by atoms with Crippen molar-refractivity contribution in [3.05, 3.63) is 35.9 Å². The lowest BCUT2D eigenvalue weighted by molar-refractivity contribution is 0.224. The van der Waals surface area contributed by atoms with Gasteiger partial charge in [-0.1, -0.05) is 43.2 Å². The average Bonchev–Trinajstić information content (AvgIpc) is 2.41. The van der Waals surface area contributed by atoms with Gasteiger partial charge in [-0.05, 0) is 57.3 Å². The zero-order valence-corrected chi connectivity index (χ0v) is 10.9. The van der Waals surface area contributed by atoms with E-state index in [1.54, 1.807) is 0 Å². The molecule has 1 aromatic carbocycles. The van der Waals surface area contributed by atoms with Gasteiger partial charge < -0.3 is 4.90 Å². The summed E-state index contributed by atoms with van der Waals surface area (Å²) < 4.78 is 0. The van der Waals surface area contributed by atoms with Gasteiger partial charge in [0.05, 0.1) is 0 Å². The van der Waals surface area contributed by atoms with Gasteiger partial charge >= 0.3 is 0 Å². The zero-order chi connectivity index (χ0) is 11.8. The summed E-state index contributed by atoms with van der Waals surface area (Å²) in [7, 11) is 0. The second-order valence-electron chi connectivity index (χ2n) is 5.20. The second kappa shape index (κ2) is 7.50. The summed E-state index contributed by atoms with van der Waals surface area (Å²) in [6.45, 7) is 4.02. The maximum atomic E-state index is 2.64. The van der Waals surface area contributed by atoms with E-state index in [1.165, 1.54) is 70.1 Å². The fourth-order valence-electron chi connectivity index (χ4n) is 2.67. The number of benzene rings is 1. The van der Waals surface area contributed by atoms with Gasteiger partial charge in [-0.25, -0.2) is 0 Å². The van der Waals surface area contributed by atoms with Crippen LogP contribution in [0.2, 0.25) is 0 Å². The standard InChI is InChI=1S/C16H25N/c1-4-10-16(11-5-1)12-6-2-7-13-17-14-8-3-9-15-17/h1,4-5,10-11H,2-3,6-9,12-15H2. The number of unbranched alkanes of at least 4 members (excludes halogenated alkanes) is 2. The Balaban J connectivity index is 1.51. The Hall–Kier alpha value is -0.820. The fraction of sp³-hybridized carbons (Fsp3) is 0.625. The van der Waals surface area contributed by atoms with Gasteiger partial charge in [0.2, 0.25) is 0 Å². The molecule has 0 N–H and O–H groups in total. The van der Waals surface area contributed by atoms with Gasteiger partial charge in [0.1, 0.15) is 0 Å². The van der Waals surface area contributed by atoms with Gasteiger partial charge in [-0.2, -0.15) is 0 Å². The van der Waals surface area contributed by atoms with Crippen molar-refractivity contribution in [1.29, 1.82) is 0 Å². The highest BCUT2D eigenvalue weighted by atomic mass is 15.1. The molecule has 1 heterocycles. The second-order valence-corrected chi connectivity index (χ2v) is 5.20. The molecule has 0 aromatic heterocycles. The van der Waals surface area contributed by atoms with Gasteiger partial charge in [0, 0.05) is 0 Å². The normalized spacial score (nSPS) is 17.2. The molecule has 0 aliphatic carbocycles. The number of nitrogens with zero attached hydrogens (tertiary/aromatic N) is 1. The number of hydrogen-bond acceptors (Lipinski definition) is 1. The molecule has 17 heavy (non-hydrogen) atoms. The van der Waals surface area contributed by atoms with Crippen molar-refractivity contribution in [1.82, 2.24) is 4.90 Å². The quantitative estimate of drug-likeness (QED) is 0.671. The van der Waals surface area contributed by atoms with Crippen molar-refractivity contribution < 1.29 is 0 Å². The van der Waals surface area contributed by atoms with E-state index in [0.717, 1.165) is 0 Å². The minimum absolute atomic E-state index is 1.25. The van der Waals surface area contributed by atoms with Crippen molar-refractivity contribution >= 4 is 0 Å². The minimum Gasteiger partial charge on any atom is -0.303 e. The van der Waals surface area contributed by atoms with E-state index in [2.05, 4.69) is 35.2 Å². The van der Waals surface area contributed by atoms with Crippen molar-refractivity contribution in [3.8, 4) is 0 Å². The third-order valence-corrected chi connectivity index (χ3v) is 3.73. The highest BCUT2D eigenvalue weighted by Crippen LogP contribution is 2.11. The number of hydrogen-bond donors (Lipinski definition) is 0. The van der Waals surface area contributed by atoms with Crippen LogP contribution in [0.5, 0.6) is 0 Å². The Kier molecular flexibility index (Phi) is 5.57. The van der Waals surface area contributed by atoms with Crippen LogP contribution in [-0.2, 0) is 6.42 Å². The molecule has 1 aliphatic rings. The molecule has 1 heteroatoms. The molecule has 0 unspecified atom stereocenters. The largest absolute Gasteiger partial charge is 0.303 e. The first-order chi connectivity index (χ1) is 8.45. The molecular formula is C16H25N. The van der Waals surface area contributed by atoms with Crippen LogP contribution in [0.25, 0.3) is 0 Å². The molecule has 1 aliphatic heterocycles. The lowest BCUT2D eigenvalue weighted by Gasteiger charge is -2.26. The maximum absolute atomic E-state index is 2.64. The lowest BCUT2D eigenvalue weighted by Crippen LogP contribution is -2.30. The topological polar surface area (TPSA) is 3.24 Å². The summed E-state index contributed by atoms with van der Waals surface area (Å²) in [5.74, 6) is 0. The Morgan fingerprint density at radius 2 is 1.59 bits per heavy atom. The van der Waals surface area contributed by atoms with Crippen molar-refractivity contribution in [2.45, 2.75) is 44.9 Å². The smallest absolute Gasteiger partial charge is 0.00187 e. The van der Waals surface area contributed by atoms with Crippen LogP contribution in [-0.4, -0.2) is 24.5 Å². The molecule has 0 bridgehead atoms. The Labute approximate surface area is 106 Å². The van der Waals surface area contributed by atoms with E-state index < -0.39 is 0 Å². The van der Waals surface area contributed by atoms with Crippen LogP contribution in [0.3, 0.4) is 0 Å². The molecule has 0 radical (unpaired) electrons. The molecule has 0 atom stereocenters. The summed E-state index contributed by atoms with van der Waals surface area (Å²) in [6, 6.07) is 10.9. The summed E-state index contributed by atoms with van der Waals surface area (Å²) in [4.78, 5) is 2.64. The Morgan fingerprint density at radius 1 is 0.824 bits per heavy atom. The predicted octanol–water partition coefficient (Wildman–Crippen LogP) is 3.89. The third kappa shape index (κ3) is 4.91. The molecule has 2 rings (SSSR count). The van der Waals surface area contributed by atoms with Gasteiger partial charge in [0.15, 0.2) is 0 Å². The first-order valence-corrected chi connectivity index (χ1v) is 7.21. The van der Waals surface area contributed by atoms with E-state index in [1.807, 2.05) is 0 Å². The highest BCUT2D eigenvalue weighted by molar-refractivity contribution is 5.14. The predicted molar refractivity (Wildman–Crippen MR) is 74.3 cm³/mol. The van der Waals surface area contributed by atoms with Gasteiger partial charge in [-0.15, -0.1) is 0 Å². The first-order valence-electron chi connectivity index (χ1n) is 7.21. The highest BCUT2D eigenvalue weighted by Gasteiger charge is 2.08. The summed E-state index contributed by atoms with van der Waals surface area (Å²) >= 11 is 0. The Morgan fingerprint density at radius 3 is 2.35 bits per heavy atom. The molecule has 1 nitrogen and oxygen atoms in total. The van der Waals surface area contributed by atoms with E-state index in [-0.39, 0.29) is 0 Å².